The monoisotopic (exact) mass is 206 g/mol. The molecule has 1 rings (SSSR count). The summed E-state index contributed by atoms with van der Waals surface area (Å²) in [6, 6.07) is 4.16. The number of halogens is 1. The van der Waals surface area contributed by atoms with Gasteiger partial charge in [0, 0.05) is 18.6 Å². The van der Waals surface area contributed by atoms with E-state index in [1.54, 1.807) is 0 Å². The van der Waals surface area contributed by atoms with E-state index >= 15 is 0 Å². The van der Waals surface area contributed by atoms with Gasteiger partial charge in [-0.3, -0.25) is 4.79 Å². The van der Waals surface area contributed by atoms with E-state index in [-0.39, 0.29) is 12.2 Å². The van der Waals surface area contributed by atoms with E-state index in [2.05, 4.69) is 11.8 Å². The summed E-state index contributed by atoms with van der Waals surface area (Å²) < 4.78 is 12.9. The van der Waals surface area contributed by atoms with E-state index in [0.29, 0.717) is 24.7 Å². The molecule has 0 spiro atoms. The van der Waals surface area contributed by atoms with Gasteiger partial charge in [-0.05, 0) is 24.6 Å². The molecular formula is C12H11FO2. The standard InChI is InChI=1S/C12H11FO2/c13-12-6-5-10(8-11(12)9-15)4-2-1-3-7-14/h5-6,8-9,14H,1,3,7H2. The number of unbranched alkanes of at least 4 members (excludes halogenated alkanes) is 1. The second-order valence-corrected chi connectivity index (χ2v) is 2.98. The Labute approximate surface area is 87.7 Å². The van der Waals surface area contributed by atoms with Crippen molar-refractivity contribution in [3.05, 3.63) is 35.1 Å². The molecule has 0 fully saturated rings. The van der Waals surface area contributed by atoms with Gasteiger partial charge in [0.15, 0.2) is 6.29 Å². The van der Waals surface area contributed by atoms with Crippen LogP contribution in [0.15, 0.2) is 18.2 Å². The maximum absolute atomic E-state index is 12.9. The van der Waals surface area contributed by atoms with Gasteiger partial charge >= 0.3 is 0 Å². The third-order valence-electron chi connectivity index (χ3n) is 1.82. The number of benzene rings is 1. The zero-order chi connectivity index (χ0) is 11.1. The van der Waals surface area contributed by atoms with Gasteiger partial charge in [-0.15, -0.1) is 0 Å². The van der Waals surface area contributed by atoms with Crippen LogP contribution in [0.4, 0.5) is 4.39 Å². The number of carbonyl (C=O) groups is 1. The number of rotatable bonds is 3. The third kappa shape index (κ3) is 3.53. The highest BCUT2D eigenvalue weighted by atomic mass is 19.1. The van der Waals surface area contributed by atoms with Crippen LogP contribution in [0, 0.1) is 17.7 Å². The number of aldehydes is 1. The normalized spacial score (nSPS) is 9.20. The number of hydrogen-bond donors (Lipinski definition) is 1. The fraction of sp³-hybridized carbons (Fsp3) is 0.250. The lowest BCUT2D eigenvalue weighted by Gasteiger charge is -1.94. The second-order valence-electron chi connectivity index (χ2n) is 2.98. The Morgan fingerprint density at radius 3 is 2.93 bits per heavy atom. The first-order valence-electron chi connectivity index (χ1n) is 4.62. The molecule has 1 N–H and O–H groups in total. The Balaban J connectivity index is 2.76. The topological polar surface area (TPSA) is 37.3 Å². The predicted octanol–water partition coefficient (Wildman–Crippen LogP) is 1.76. The summed E-state index contributed by atoms with van der Waals surface area (Å²) in [5.41, 5.74) is 0.625. The zero-order valence-corrected chi connectivity index (χ0v) is 8.16. The Morgan fingerprint density at radius 1 is 1.47 bits per heavy atom. The first-order valence-corrected chi connectivity index (χ1v) is 4.62. The van der Waals surface area contributed by atoms with E-state index in [1.165, 1.54) is 18.2 Å². The molecule has 0 aliphatic carbocycles. The largest absolute Gasteiger partial charge is 0.396 e. The Morgan fingerprint density at radius 2 is 2.27 bits per heavy atom. The smallest absolute Gasteiger partial charge is 0.153 e. The Hall–Kier alpha value is -1.66. The van der Waals surface area contributed by atoms with Crippen molar-refractivity contribution < 1.29 is 14.3 Å². The van der Waals surface area contributed by atoms with Crippen molar-refractivity contribution in [3.63, 3.8) is 0 Å². The van der Waals surface area contributed by atoms with E-state index in [1.807, 2.05) is 0 Å². The molecule has 78 valence electrons. The van der Waals surface area contributed by atoms with E-state index in [0.717, 1.165) is 0 Å². The van der Waals surface area contributed by atoms with Crippen LogP contribution < -0.4 is 0 Å². The predicted molar refractivity (Wildman–Crippen MR) is 55.0 cm³/mol. The molecule has 0 saturated heterocycles. The summed E-state index contributed by atoms with van der Waals surface area (Å²) in [5, 5.41) is 8.52. The molecule has 0 unspecified atom stereocenters. The van der Waals surface area contributed by atoms with E-state index in [4.69, 9.17) is 5.11 Å². The van der Waals surface area contributed by atoms with Gasteiger partial charge in [0.2, 0.25) is 0 Å². The average Bonchev–Trinajstić information content (AvgIpc) is 2.26. The minimum atomic E-state index is -0.536. The average molecular weight is 206 g/mol. The molecule has 1 aromatic carbocycles. The maximum Gasteiger partial charge on any atom is 0.153 e. The molecule has 0 atom stereocenters. The van der Waals surface area contributed by atoms with Crippen LogP contribution in [0.5, 0.6) is 0 Å². The van der Waals surface area contributed by atoms with Gasteiger partial charge in [0.05, 0.1) is 5.56 Å². The molecule has 1 aromatic rings. The lowest BCUT2D eigenvalue weighted by Crippen LogP contribution is -1.88. The molecule has 2 nitrogen and oxygen atoms in total. The van der Waals surface area contributed by atoms with E-state index < -0.39 is 5.82 Å². The van der Waals surface area contributed by atoms with Crippen LogP contribution in [0.3, 0.4) is 0 Å². The Bertz CT molecular complexity index is 402. The van der Waals surface area contributed by atoms with Gasteiger partial charge in [-0.2, -0.15) is 0 Å². The highest BCUT2D eigenvalue weighted by molar-refractivity contribution is 5.76. The molecule has 0 aliphatic heterocycles. The first-order chi connectivity index (χ1) is 7.27. The molecular weight excluding hydrogens is 195 g/mol. The minimum absolute atomic E-state index is 0.0176. The SMILES string of the molecule is O=Cc1cc(C#CCCCO)ccc1F. The van der Waals surface area contributed by atoms with Crippen molar-refractivity contribution >= 4 is 6.29 Å². The van der Waals surface area contributed by atoms with Crippen LogP contribution in [0.25, 0.3) is 0 Å². The Kier molecular flexibility index (Phi) is 4.52. The number of hydrogen-bond acceptors (Lipinski definition) is 2. The van der Waals surface area contributed by atoms with Crippen molar-refractivity contribution in [2.24, 2.45) is 0 Å². The van der Waals surface area contributed by atoms with Crippen molar-refractivity contribution in [1.29, 1.82) is 0 Å². The van der Waals surface area contributed by atoms with Crippen LogP contribution in [-0.4, -0.2) is 18.0 Å². The number of aliphatic hydroxyl groups excluding tert-OH is 1. The second kappa shape index (κ2) is 5.94. The van der Waals surface area contributed by atoms with Gasteiger partial charge < -0.3 is 5.11 Å². The van der Waals surface area contributed by atoms with Crippen LogP contribution in [-0.2, 0) is 0 Å². The zero-order valence-electron chi connectivity index (χ0n) is 8.16. The molecule has 0 radical (unpaired) electrons. The van der Waals surface area contributed by atoms with Crippen molar-refractivity contribution in [2.75, 3.05) is 6.61 Å². The molecule has 0 bridgehead atoms. The fourth-order valence-corrected chi connectivity index (χ4v) is 1.04. The molecule has 3 heteroatoms. The highest BCUT2D eigenvalue weighted by Gasteiger charge is 1.99. The number of carbonyl (C=O) groups excluding carboxylic acids is 1. The highest BCUT2D eigenvalue weighted by Crippen LogP contribution is 2.07. The summed E-state index contributed by atoms with van der Waals surface area (Å²) in [6.45, 7) is 0.109. The molecule has 0 heterocycles. The summed E-state index contributed by atoms with van der Waals surface area (Å²) >= 11 is 0. The fourth-order valence-electron chi connectivity index (χ4n) is 1.04. The molecule has 0 aliphatic rings. The van der Waals surface area contributed by atoms with Gasteiger partial charge in [0.1, 0.15) is 5.82 Å². The van der Waals surface area contributed by atoms with Gasteiger partial charge in [0.25, 0.3) is 0 Å². The van der Waals surface area contributed by atoms with Crippen LogP contribution >= 0.6 is 0 Å². The first kappa shape index (κ1) is 11.4. The quantitative estimate of drug-likeness (QED) is 0.465. The van der Waals surface area contributed by atoms with Crippen molar-refractivity contribution in [1.82, 2.24) is 0 Å². The lowest BCUT2D eigenvalue weighted by molar-refractivity contribution is 0.112. The van der Waals surface area contributed by atoms with Crippen LogP contribution in [0.2, 0.25) is 0 Å². The summed E-state index contributed by atoms with van der Waals surface area (Å²) in [4.78, 5) is 10.4. The lowest BCUT2D eigenvalue weighted by atomic mass is 10.1. The van der Waals surface area contributed by atoms with E-state index in [9.17, 15) is 9.18 Å². The molecule has 15 heavy (non-hydrogen) atoms. The molecule has 0 amide bonds. The summed E-state index contributed by atoms with van der Waals surface area (Å²) in [7, 11) is 0. The number of aliphatic hydroxyl groups is 1. The molecule has 0 saturated carbocycles. The molecule has 0 aromatic heterocycles. The van der Waals surface area contributed by atoms with Gasteiger partial charge in [-0.1, -0.05) is 11.8 Å². The summed E-state index contributed by atoms with van der Waals surface area (Å²) in [6.07, 6.45) is 1.67. The third-order valence-corrected chi connectivity index (χ3v) is 1.82. The van der Waals surface area contributed by atoms with Crippen molar-refractivity contribution in [3.8, 4) is 11.8 Å². The maximum atomic E-state index is 12.9. The van der Waals surface area contributed by atoms with Gasteiger partial charge in [-0.25, -0.2) is 4.39 Å². The van der Waals surface area contributed by atoms with Crippen molar-refractivity contribution in [2.45, 2.75) is 12.8 Å². The van der Waals surface area contributed by atoms with Crippen LogP contribution in [0.1, 0.15) is 28.8 Å². The summed E-state index contributed by atoms with van der Waals surface area (Å²) in [5.74, 6) is 5.08. The minimum Gasteiger partial charge on any atom is -0.396 e.